The number of carboxylic acid groups (broad SMARTS) is 1. The van der Waals surface area contributed by atoms with Crippen molar-refractivity contribution in [1.82, 2.24) is 50.0 Å². The van der Waals surface area contributed by atoms with Crippen molar-refractivity contribution in [1.29, 1.82) is 10.5 Å². The number of aliphatic hydroxyl groups is 2. The SMILES string of the molecule is COC(=O)c1ccc([C@H](C)Nc2ncnc3sccc23)cc1.C[C@H](Nc1ncnc2sccc12)c1ccc(-c2nc(C3CC3)no2)cc1.C[C@H](Nc1ncnc2sccc12)c1ccc(Br)cc1.C[C@H](Nc1ncnc2sccc12)c1ccc(C(=O)O)cc1.N#CC1CC1.N#CC1CC1.N/C(=C\O)C1CC1.N/C(=C\O)C1CC1.N/C(=N\O)C1CC1.NO.NO.O.S.[Li+].[OH-]. The van der Waals surface area contributed by atoms with Gasteiger partial charge in [0.2, 0.25) is 0 Å². The predicted molar refractivity (Wildman–Crippen MR) is 501 cm³/mol. The number of benzene rings is 4. The quantitative estimate of drug-likeness (QED) is 0.00680. The average Bonchev–Trinajstić information content (AvgIpc) is 1.76. The number of rotatable bonds is 19. The van der Waals surface area contributed by atoms with Gasteiger partial charge in [-0.3, -0.25) is 0 Å². The molecule has 6 saturated carbocycles. The maximum absolute atomic E-state index is 11.4. The third kappa shape index (κ3) is 33.6. The molecule has 127 heavy (non-hydrogen) atoms. The van der Waals surface area contributed by atoms with Crippen molar-refractivity contribution in [3.8, 4) is 23.6 Å². The molecule has 0 spiro atoms. The van der Waals surface area contributed by atoms with Crippen molar-refractivity contribution in [2.75, 3.05) is 28.4 Å². The summed E-state index contributed by atoms with van der Waals surface area (Å²) in [4.78, 5) is 65.0. The van der Waals surface area contributed by atoms with Crippen molar-refractivity contribution in [2.24, 2.45) is 63.7 Å². The molecule has 6 fully saturated rings. The van der Waals surface area contributed by atoms with E-state index < -0.39 is 5.97 Å². The largest absolute Gasteiger partial charge is 1.00 e. The Labute approximate surface area is 777 Å². The van der Waals surface area contributed by atoms with Gasteiger partial charge in [0, 0.05) is 81.1 Å². The molecule has 13 aromatic rings. The molecular formula is C86H104BrLiN22O12S5. The van der Waals surface area contributed by atoms with Gasteiger partial charge in [-0.05, 0) is 221 Å². The number of hydrogen-bond donors (Lipinski definition) is 15. The number of oxime groups is 1. The van der Waals surface area contributed by atoms with Gasteiger partial charge in [-0.15, -0.1) is 45.3 Å². The Morgan fingerprint density at radius 1 is 0.512 bits per heavy atom. The van der Waals surface area contributed by atoms with Crippen molar-refractivity contribution in [3.05, 3.63) is 236 Å². The Morgan fingerprint density at radius 2 is 0.827 bits per heavy atom. The minimum Gasteiger partial charge on any atom is -0.870 e. The van der Waals surface area contributed by atoms with Crippen LogP contribution in [-0.2, 0) is 4.74 Å². The Balaban J connectivity index is 0.000000264. The fourth-order valence-electron chi connectivity index (χ4n) is 11.2. The Hall–Kier alpha value is -11.6. The van der Waals surface area contributed by atoms with Crippen LogP contribution < -0.4 is 69.1 Å². The van der Waals surface area contributed by atoms with Crippen LogP contribution in [0.2, 0.25) is 0 Å². The fourth-order valence-corrected chi connectivity index (χ4v) is 14.4. The van der Waals surface area contributed by atoms with Gasteiger partial charge >= 0.3 is 30.8 Å². The number of amidine groups is 1. The van der Waals surface area contributed by atoms with Gasteiger partial charge < -0.3 is 89.6 Å². The van der Waals surface area contributed by atoms with Gasteiger partial charge in [-0.1, -0.05) is 74.8 Å². The third-order valence-corrected chi connectivity index (χ3v) is 23.2. The summed E-state index contributed by atoms with van der Waals surface area (Å²) in [5.74, 6) is 13.7. The fraction of sp³-hybridized carbons (Fsp3) is 0.314. The molecule has 6 aliphatic carbocycles. The maximum atomic E-state index is 11.4. The summed E-state index contributed by atoms with van der Waals surface area (Å²) in [6.07, 6.45) is 22.1. The molecule has 0 unspecified atom stereocenters. The van der Waals surface area contributed by atoms with Gasteiger partial charge in [-0.25, -0.2) is 61.3 Å². The van der Waals surface area contributed by atoms with Crippen LogP contribution in [0.4, 0.5) is 23.3 Å². The first-order valence-electron chi connectivity index (χ1n) is 39.2. The summed E-state index contributed by atoms with van der Waals surface area (Å²) in [6, 6.07) is 43.5. The predicted octanol–water partition coefficient (Wildman–Crippen LogP) is 14.9. The van der Waals surface area contributed by atoms with Crippen LogP contribution in [0.5, 0.6) is 0 Å². The summed E-state index contributed by atoms with van der Waals surface area (Å²) < 4.78 is 11.2. The normalized spacial score (nSPS) is 14.6. The van der Waals surface area contributed by atoms with Crippen LogP contribution in [-0.4, -0.2) is 117 Å². The number of thiophene rings is 4. The molecule has 23 N–H and O–H groups in total. The number of aromatic carboxylic acids is 1. The maximum Gasteiger partial charge on any atom is 1.00 e. The monoisotopic (exact) mass is 1880 g/mol. The number of aliphatic hydroxyl groups excluding tert-OH is 2. The molecule has 0 saturated heterocycles. The number of nitrogens with one attached hydrogen (secondary N) is 4. The minimum atomic E-state index is -0.919. The molecule has 0 radical (unpaired) electrons. The number of nitrogens with zero attached hydrogens (tertiary/aromatic N) is 13. The molecule has 9 aromatic heterocycles. The number of aromatic nitrogens is 10. The zero-order valence-electron chi connectivity index (χ0n) is 70.6. The number of carbonyl (C=O) groups excluding carboxylic acids is 1. The van der Waals surface area contributed by atoms with Gasteiger partial charge in [0.05, 0.1) is 64.4 Å². The van der Waals surface area contributed by atoms with Crippen LogP contribution in [0, 0.1) is 52.3 Å². The summed E-state index contributed by atoms with van der Waals surface area (Å²) in [7, 11) is 1.38. The molecule has 4 atom stereocenters. The van der Waals surface area contributed by atoms with Crippen molar-refractivity contribution in [3.63, 3.8) is 0 Å². The molecule has 9 heterocycles. The Morgan fingerprint density at radius 3 is 1.08 bits per heavy atom. The van der Waals surface area contributed by atoms with Crippen LogP contribution in [0.15, 0.2) is 206 Å². The zero-order chi connectivity index (χ0) is 88.3. The number of ether oxygens (including phenoxy) is 1. The number of methoxy groups -OCH3 is 1. The number of halogens is 1. The second-order valence-corrected chi connectivity index (χ2v) is 33.3. The van der Waals surface area contributed by atoms with Crippen molar-refractivity contribution in [2.45, 2.75) is 135 Å². The topological polar surface area (TPSA) is 606 Å². The second kappa shape index (κ2) is 54.5. The van der Waals surface area contributed by atoms with E-state index in [1.54, 1.807) is 94.9 Å². The number of esters is 1. The average molecular weight is 1890 g/mol. The number of carboxylic acids is 1. The van der Waals surface area contributed by atoms with E-state index in [9.17, 15) is 9.59 Å². The molecule has 34 nitrogen and oxygen atoms in total. The molecule has 19 rings (SSSR count). The van der Waals surface area contributed by atoms with Gasteiger partial charge in [0.15, 0.2) is 5.82 Å². The molecule has 0 bridgehead atoms. The number of hydrogen-bond acceptors (Lipinski definition) is 35. The van der Waals surface area contributed by atoms with Crippen LogP contribution in [0.1, 0.15) is 184 Å². The molecule has 668 valence electrons. The van der Waals surface area contributed by atoms with Crippen molar-refractivity contribution >= 4 is 157 Å². The van der Waals surface area contributed by atoms with E-state index in [1.165, 1.54) is 25.5 Å². The first-order valence-corrected chi connectivity index (χ1v) is 43.5. The van der Waals surface area contributed by atoms with E-state index in [4.69, 9.17) is 67.9 Å². The number of nitriles is 2. The minimum absolute atomic E-state index is 0. The summed E-state index contributed by atoms with van der Waals surface area (Å²) in [6.45, 7) is 8.31. The van der Waals surface area contributed by atoms with Crippen LogP contribution >= 0.6 is 74.8 Å². The number of anilines is 4. The molecule has 0 amide bonds. The molecule has 41 heteroatoms. The van der Waals surface area contributed by atoms with Crippen LogP contribution in [0.25, 0.3) is 52.3 Å². The summed E-state index contributed by atoms with van der Waals surface area (Å²) in [5, 5.41) is 95.1. The third-order valence-electron chi connectivity index (χ3n) is 19.4. The van der Waals surface area contributed by atoms with E-state index >= 15 is 0 Å². The number of nitrogens with two attached hydrogens (primary N) is 5. The Kier molecular flexibility index (Phi) is 45.4. The smallest absolute Gasteiger partial charge is 0.870 e. The number of fused-ring (bicyclic) bond motifs is 4. The van der Waals surface area contributed by atoms with E-state index in [2.05, 4.69) is 160 Å². The first kappa shape index (κ1) is 106. The van der Waals surface area contributed by atoms with E-state index in [-0.39, 0.29) is 79.0 Å². The second-order valence-electron chi connectivity index (χ2n) is 28.8. The van der Waals surface area contributed by atoms with Gasteiger partial charge in [-0.2, -0.15) is 29.0 Å². The first-order chi connectivity index (χ1) is 59.7. The van der Waals surface area contributed by atoms with Crippen molar-refractivity contribution < 1.29 is 79.6 Å². The number of allylic oxidation sites excluding steroid dienone is 2. The van der Waals surface area contributed by atoms with Crippen LogP contribution in [0.3, 0.4) is 0 Å². The van der Waals surface area contributed by atoms with Gasteiger partial charge in [0.25, 0.3) is 5.89 Å². The summed E-state index contributed by atoms with van der Waals surface area (Å²) in [5.41, 5.74) is 23.3. The van der Waals surface area contributed by atoms with E-state index in [1.807, 2.05) is 102 Å². The Bertz CT molecular complexity index is 5580. The molecular weight excluding hydrogens is 1780 g/mol. The van der Waals surface area contributed by atoms with E-state index in [0.717, 1.165) is 173 Å². The summed E-state index contributed by atoms with van der Waals surface area (Å²) >= 11 is 9.86. The number of carbonyl (C=O) groups is 2. The molecule has 4 aromatic carbocycles. The van der Waals surface area contributed by atoms with Gasteiger partial charge in [0.1, 0.15) is 73.7 Å². The molecule has 0 aliphatic heterocycles. The van der Waals surface area contributed by atoms with E-state index in [0.29, 0.717) is 64.2 Å². The molecule has 6 aliphatic rings. The zero-order valence-corrected chi connectivity index (χ0v) is 76.4. The standard InChI is InChI=1S/C19H17N5OS.C16H15N3O2S.C15H13N3O2S.C14H12BrN3S.2C5H9NO.C4H8N2O.2C4H5N.Li.2H3NO.2H2O.H2S/c1-11(22-17-15-8-9-26-19(15)21-10-20-17)12-2-6-14(7-3-12)18-23-16(24-25-18)13-4-5-13;1-10(11-3-5-12(6-4-11)16(20)21-2)19-14-13-7-8-22-15(13)18-9-17-14;1-9(10-2-4-11(5-3-10)15(19)20)18-13-12-6-7-21-14(12)17-8-16-13;1-9(10-2-4-11(15)5-3-10)18-13-12-6-7-19-14(12)17-8-16-13;2*6-5(3-7)4-1-2-4;5-4(6-7)3-1-2-3;2*5-3-4-1-2-4;;2*1-2;;;/h2-3,6-11,13H,4-5H2,1H3,(H,20,21,22);3-10H,1-2H3,(H,17,18,19);2-9H,1H3,(H,19,20)(H,16,17,18);2-9H,1H3,(H,16,17,18);2*3-4,7H,1-2,6H2;3,7H,1-2H2,(H2,5,6);2*4H,1-2H2;;2*2H,1H2;3*1H2/q;;;;;;;;;+1;;;;;/p-1/b;;;;2*5-3-;;;;;;;;;/t11-;10-;2*9-;;;;;;;;;;;/m0000.........../s1.